The molecule has 1 aliphatic heterocycles. The summed E-state index contributed by atoms with van der Waals surface area (Å²) < 4.78 is 0. The highest BCUT2D eigenvalue weighted by molar-refractivity contribution is 5.96. The second-order valence-electron chi connectivity index (χ2n) is 5.40. The Bertz CT molecular complexity index is 516. The third kappa shape index (κ3) is 3.61. The lowest BCUT2D eigenvalue weighted by Gasteiger charge is -2.32. The minimum Gasteiger partial charge on any atom is -0.359 e. The summed E-state index contributed by atoms with van der Waals surface area (Å²) in [4.78, 5) is 26.3. The maximum atomic E-state index is 12.7. The molecule has 2 amide bonds. The van der Waals surface area contributed by atoms with Crippen LogP contribution in [0.4, 0.5) is 0 Å². The van der Waals surface area contributed by atoms with Crippen molar-refractivity contribution in [3.05, 3.63) is 35.4 Å². The number of nitrogens with zero attached hydrogens (tertiary/aromatic N) is 1. The maximum absolute atomic E-state index is 12.7. The molecule has 114 valence electrons. The first-order valence-electron chi connectivity index (χ1n) is 7.46. The molecular weight excluding hydrogens is 266 g/mol. The van der Waals surface area contributed by atoms with Crippen LogP contribution < -0.4 is 11.1 Å². The van der Waals surface area contributed by atoms with Crippen molar-refractivity contribution in [2.45, 2.75) is 19.3 Å². The zero-order valence-corrected chi connectivity index (χ0v) is 12.5. The molecule has 1 fully saturated rings. The van der Waals surface area contributed by atoms with Gasteiger partial charge < -0.3 is 16.0 Å². The lowest BCUT2D eigenvalue weighted by molar-refractivity contribution is -0.125. The van der Waals surface area contributed by atoms with E-state index < -0.39 is 0 Å². The molecule has 0 saturated carbocycles. The van der Waals surface area contributed by atoms with Gasteiger partial charge in [0.25, 0.3) is 5.91 Å². The van der Waals surface area contributed by atoms with Crippen LogP contribution in [0, 0.1) is 5.92 Å². The van der Waals surface area contributed by atoms with Crippen LogP contribution in [-0.4, -0.2) is 43.4 Å². The number of hydrogen-bond acceptors (Lipinski definition) is 3. The Kier molecular flexibility index (Phi) is 5.33. The molecule has 1 aromatic carbocycles. The van der Waals surface area contributed by atoms with E-state index in [9.17, 15) is 9.59 Å². The van der Waals surface area contributed by atoms with Gasteiger partial charge in [0, 0.05) is 25.7 Å². The van der Waals surface area contributed by atoms with Gasteiger partial charge in [0.1, 0.15) is 0 Å². The Morgan fingerprint density at radius 2 is 2.14 bits per heavy atom. The fourth-order valence-electron chi connectivity index (χ4n) is 2.85. The lowest BCUT2D eigenvalue weighted by atomic mass is 9.95. The van der Waals surface area contributed by atoms with Crippen molar-refractivity contribution in [3.63, 3.8) is 0 Å². The summed E-state index contributed by atoms with van der Waals surface area (Å²) in [6.07, 6.45) is 2.39. The second-order valence-corrected chi connectivity index (χ2v) is 5.40. The molecule has 1 atom stereocenters. The predicted octanol–water partition coefficient (Wildman–Crippen LogP) is 0.786. The Morgan fingerprint density at radius 1 is 1.38 bits per heavy atom. The van der Waals surface area contributed by atoms with E-state index in [1.165, 1.54) is 0 Å². The monoisotopic (exact) mass is 289 g/mol. The largest absolute Gasteiger partial charge is 0.359 e. The van der Waals surface area contributed by atoms with Gasteiger partial charge in [-0.1, -0.05) is 18.2 Å². The molecule has 2 rings (SSSR count). The van der Waals surface area contributed by atoms with E-state index >= 15 is 0 Å². The van der Waals surface area contributed by atoms with E-state index in [0.29, 0.717) is 31.6 Å². The fourth-order valence-corrected chi connectivity index (χ4v) is 2.85. The SMILES string of the molecule is CNC(=O)C1CCCN(C(=O)c2ccccc2CCN)C1. The molecule has 3 N–H and O–H groups in total. The summed E-state index contributed by atoms with van der Waals surface area (Å²) in [6.45, 7) is 1.73. The van der Waals surface area contributed by atoms with Crippen LogP contribution in [0.5, 0.6) is 0 Å². The summed E-state index contributed by atoms with van der Waals surface area (Å²) >= 11 is 0. The highest BCUT2D eigenvalue weighted by Crippen LogP contribution is 2.20. The molecule has 5 nitrogen and oxygen atoms in total. The van der Waals surface area contributed by atoms with Gasteiger partial charge in [-0.25, -0.2) is 0 Å². The molecule has 1 unspecified atom stereocenters. The van der Waals surface area contributed by atoms with E-state index in [1.54, 1.807) is 11.9 Å². The molecule has 0 spiro atoms. The number of benzene rings is 1. The average Bonchev–Trinajstić information content (AvgIpc) is 2.54. The fraction of sp³-hybridized carbons (Fsp3) is 0.500. The number of nitrogens with two attached hydrogens (primary N) is 1. The summed E-state index contributed by atoms with van der Waals surface area (Å²) in [5.41, 5.74) is 7.30. The van der Waals surface area contributed by atoms with Gasteiger partial charge in [-0.15, -0.1) is 0 Å². The number of amides is 2. The van der Waals surface area contributed by atoms with E-state index in [1.807, 2.05) is 24.3 Å². The highest BCUT2D eigenvalue weighted by Gasteiger charge is 2.28. The first kappa shape index (κ1) is 15.5. The molecule has 0 radical (unpaired) electrons. The topological polar surface area (TPSA) is 75.4 Å². The van der Waals surface area contributed by atoms with Gasteiger partial charge in [0.2, 0.25) is 5.91 Å². The molecule has 1 aromatic rings. The predicted molar refractivity (Wildman–Crippen MR) is 81.9 cm³/mol. The van der Waals surface area contributed by atoms with Crippen molar-refractivity contribution in [1.82, 2.24) is 10.2 Å². The molecular formula is C16H23N3O2. The van der Waals surface area contributed by atoms with Gasteiger partial charge in [-0.2, -0.15) is 0 Å². The minimum atomic E-state index is -0.102. The van der Waals surface area contributed by atoms with Gasteiger partial charge in [0.05, 0.1) is 5.92 Å². The van der Waals surface area contributed by atoms with E-state index in [4.69, 9.17) is 5.73 Å². The van der Waals surface area contributed by atoms with Gasteiger partial charge >= 0.3 is 0 Å². The molecule has 1 saturated heterocycles. The Balaban J connectivity index is 2.14. The van der Waals surface area contributed by atoms with Gasteiger partial charge in [0.15, 0.2) is 0 Å². The number of carbonyl (C=O) groups excluding carboxylic acids is 2. The normalized spacial score (nSPS) is 18.4. The maximum Gasteiger partial charge on any atom is 0.254 e. The molecule has 1 aliphatic rings. The third-order valence-electron chi connectivity index (χ3n) is 3.99. The molecule has 21 heavy (non-hydrogen) atoms. The van der Waals surface area contributed by atoms with Crippen molar-refractivity contribution < 1.29 is 9.59 Å². The smallest absolute Gasteiger partial charge is 0.254 e. The number of rotatable bonds is 4. The highest BCUT2D eigenvalue weighted by atomic mass is 16.2. The Labute approximate surface area is 125 Å². The summed E-state index contributed by atoms with van der Waals surface area (Å²) in [7, 11) is 1.64. The van der Waals surface area contributed by atoms with Gasteiger partial charge in [-0.3, -0.25) is 9.59 Å². The molecule has 0 bridgehead atoms. The Hall–Kier alpha value is -1.88. The summed E-state index contributed by atoms with van der Waals surface area (Å²) in [6, 6.07) is 7.58. The summed E-state index contributed by atoms with van der Waals surface area (Å²) in [5, 5.41) is 2.67. The van der Waals surface area contributed by atoms with Crippen LogP contribution in [0.25, 0.3) is 0 Å². The standard InChI is InChI=1S/C16H23N3O2/c1-18-15(20)13-6-4-10-19(11-13)16(21)14-7-3-2-5-12(14)8-9-17/h2-3,5,7,13H,4,6,8-11,17H2,1H3,(H,18,20). The van der Waals surface area contributed by atoms with Crippen LogP contribution in [0.1, 0.15) is 28.8 Å². The van der Waals surface area contributed by atoms with E-state index in [0.717, 1.165) is 18.4 Å². The number of carbonyl (C=O) groups is 2. The average molecular weight is 289 g/mol. The van der Waals surface area contributed by atoms with Crippen molar-refractivity contribution in [1.29, 1.82) is 0 Å². The minimum absolute atomic E-state index is 0.00709. The van der Waals surface area contributed by atoms with E-state index in [2.05, 4.69) is 5.32 Å². The first-order chi connectivity index (χ1) is 10.2. The second kappa shape index (κ2) is 7.22. The Morgan fingerprint density at radius 3 is 2.86 bits per heavy atom. The van der Waals surface area contributed by atoms with Crippen molar-refractivity contribution >= 4 is 11.8 Å². The van der Waals surface area contributed by atoms with Crippen molar-refractivity contribution in [3.8, 4) is 0 Å². The van der Waals surface area contributed by atoms with Crippen LogP contribution in [0.3, 0.4) is 0 Å². The zero-order chi connectivity index (χ0) is 15.2. The third-order valence-corrected chi connectivity index (χ3v) is 3.99. The first-order valence-corrected chi connectivity index (χ1v) is 7.46. The van der Waals surface area contributed by atoms with Crippen LogP contribution in [0.2, 0.25) is 0 Å². The van der Waals surface area contributed by atoms with E-state index in [-0.39, 0.29) is 17.7 Å². The van der Waals surface area contributed by atoms with Crippen LogP contribution >= 0.6 is 0 Å². The number of hydrogen-bond donors (Lipinski definition) is 2. The molecule has 0 aliphatic carbocycles. The molecule has 1 heterocycles. The number of likely N-dealkylation sites (tertiary alicyclic amines) is 1. The van der Waals surface area contributed by atoms with Crippen molar-refractivity contribution in [2.24, 2.45) is 11.7 Å². The van der Waals surface area contributed by atoms with Crippen molar-refractivity contribution in [2.75, 3.05) is 26.7 Å². The number of piperidine rings is 1. The molecule has 0 aromatic heterocycles. The van der Waals surface area contributed by atoms with Crippen LogP contribution in [0.15, 0.2) is 24.3 Å². The van der Waals surface area contributed by atoms with Gasteiger partial charge in [-0.05, 0) is 37.4 Å². The summed E-state index contributed by atoms with van der Waals surface area (Å²) in [5.74, 6) is -0.0789. The zero-order valence-electron chi connectivity index (χ0n) is 12.5. The molecule has 5 heteroatoms. The quantitative estimate of drug-likeness (QED) is 0.860. The lowest BCUT2D eigenvalue weighted by Crippen LogP contribution is -2.45. The number of nitrogens with one attached hydrogen (secondary N) is 1. The van der Waals surface area contributed by atoms with Crippen LogP contribution in [-0.2, 0) is 11.2 Å².